The minimum atomic E-state index is -1.56. The Balaban J connectivity index is 1.47. The third-order valence-corrected chi connectivity index (χ3v) is 9.31. The molecule has 222 valence electrons. The molecule has 3 aromatic rings. The molecule has 0 aromatic heterocycles. The highest BCUT2D eigenvalue weighted by Crippen LogP contribution is 2.40. The van der Waals surface area contributed by atoms with E-state index in [1.165, 1.54) is 16.7 Å². The lowest BCUT2D eigenvalue weighted by molar-refractivity contribution is -0.147. The molecule has 1 aliphatic rings. The summed E-state index contributed by atoms with van der Waals surface area (Å²) in [5.74, 6) is -0.633. The Hall–Kier alpha value is -3.34. The first-order chi connectivity index (χ1) is 20.0. The molecular formula is C32H37BrN4O4S. The fourth-order valence-electron chi connectivity index (χ4n) is 4.96. The van der Waals surface area contributed by atoms with Crippen molar-refractivity contribution in [2.45, 2.75) is 63.2 Å². The normalized spacial score (nSPS) is 17.3. The van der Waals surface area contributed by atoms with Gasteiger partial charge < -0.3 is 26.0 Å². The first-order valence-corrected chi connectivity index (χ1v) is 15.6. The van der Waals surface area contributed by atoms with Crippen LogP contribution in [0.1, 0.15) is 36.1 Å². The highest BCUT2D eigenvalue weighted by Gasteiger charge is 2.49. The molecule has 42 heavy (non-hydrogen) atoms. The van der Waals surface area contributed by atoms with Gasteiger partial charge in [0.05, 0.1) is 11.9 Å². The predicted octanol–water partition coefficient (Wildman–Crippen LogP) is 4.53. The molecule has 0 radical (unpaired) electrons. The van der Waals surface area contributed by atoms with Gasteiger partial charge in [-0.1, -0.05) is 82.7 Å². The van der Waals surface area contributed by atoms with E-state index in [0.717, 1.165) is 26.7 Å². The van der Waals surface area contributed by atoms with E-state index >= 15 is 0 Å². The summed E-state index contributed by atoms with van der Waals surface area (Å²) < 4.78 is 0.362. The number of aliphatic hydroxyl groups excluding tert-OH is 1. The van der Waals surface area contributed by atoms with Crippen molar-refractivity contribution in [1.82, 2.24) is 20.9 Å². The number of benzene rings is 3. The second kappa shape index (κ2) is 14.2. The Morgan fingerprint density at radius 3 is 2.31 bits per heavy atom. The van der Waals surface area contributed by atoms with Gasteiger partial charge in [0.25, 0.3) is 5.91 Å². The fourth-order valence-corrected chi connectivity index (χ4v) is 6.36. The summed E-state index contributed by atoms with van der Waals surface area (Å²) in [4.78, 5) is 41.6. The zero-order valence-electron chi connectivity index (χ0n) is 24.0. The number of aryl methyl sites for hydroxylation is 1. The topological polar surface area (TPSA) is 111 Å². The molecule has 4 amide bonds. The molecule has 10 heteroatoms. The van der Waals surface area contributed by atoms with Gasteiger partial charge in [-0.2, -0.15) is 0 Å². The minimum Gasteiger partial charge on any atom is -0.381 e. The zero-order valence-corrected chi connectivity index (χ0v) is 26.4. The zero-order chi connectivity index (χ0) is 30.3. The molecule has 3 aromatic carbocycles. The predicted molar refractivity (Wildman–Crippen MR) is 170 cm³/mol. The van der Waals surface area contributed by atoms with Gasteiger partial charge in [-0.05, 0) is 61.6 Å². The highest BCUT2D eigenvalue weighted by molar-refractivity contribution is 9.10. The minimum absolute atomic E-state index is 0.230. The molecule has 3 unspecified atom stereocenters. The second-order valence-electron chi connectivity index (χ2n) is 10.9. The van der Waals surface area contributed by atoms with Crippen molar-refractivity contribution in [3.05, 3.63) is 106 Å². The third kappa shape index (κ3) is 8.14. The van der Waals surface area contributed by atoms with E-state index < -0.39 is 34.9 Å². The Morgan fingerprint density at radius 2 is 1.62 bits per heavy atom. The van der Waals surface area contributed by atoms with Crippen LogP contribution in [0.2, 0.25) is 0 Å². The Labute approximate surface area is 259 Å². The number of nitrogens with zero attached hydrogens (tertiary/aromatic N) is 1. The Bertz CT molecular complexity index is 1390. The first-order valence-electron chi connectivity index (χ1n) is 13.8. The second-order valence-corrected chi connectivity index (χ2v) is 13.4. The van der Waals surface area contributed by atoms with Crippen LogP contribution in [0.5, 0.6) is 0 Å². The van der Waals surface area contributed by atoms with Gasteiger partial charge in [0.15, 0.2) is 6.10 Å². The van der Waals surface area contributed by atoms with E-state index in [2.05, 4.69) is 31.9 Å². The van der Waals surface area contributed by atoms with E-state index in [0.29, 0.717) is 6.54 Å². The van der Waals surface area contributed by atoms with Crippen LogP contribution >= 0.6 is 27.7 Å². The lowest BCUT2D eigenvalue weighted by atomic mass is 9.97. The number of carbonyl (C=O) groups excluding carboxylic acids is 3. The molecule has 1 aliphatic heterocycles. The van der Waals surface area contributed by atoms with E-state index in [4.69, 9.17) is 0 Å². The summed E-state index contributed by atoms with van der Waals surface area (Å²) >= 11 is 4.88. The first kappa shape index (κ1) is 31.6. The molecule has 4 N–H and O–H groups in total. The van der Waals surface area contributed by atoms with Gasteiger partial charge >= 0.3 is 6.03 Å². The van der Waals surface area contributed by atoms with Crippen LogP contribution in [0.25, 0.3) is 0 Å². The number of halogens is 1. The average molecular weight is 654 g/mol. The van der Waals surface area contributed by atoms with Crippen LogP contribution in [-0.4, -0.2) is 56.7 Å². The molecule has 4 rings (SSSR count). The summed E-state index contributed by atoms with van der Waals surface area (Å²) in [5.41, 5.74) is 3.81. The summed E-state index contributed by atoms with van der Waals surface area (Å²) in [6, 6.07) is 22.5. The average Bonchev–Trinajstić information content (AvgIpc) is 3.30. The van der Waals surface area contributed by atoms with E-state index in [1.807, 2.05) is 99.6 Å². The van der Waals surface area contributed by atoms with E-state index in [1.54, 1.807) is 0 Å². The fraction of sp³-hybridized carbons (Fsp3) is 0.344. The third-order valence-electron chi connectivity index (χ3n) is 7.41. The smallest absolute Gasteiger partial charge is 0.315 e. The molecule has 0 aliphatic carbocycles. The van der Waals surface area contributed by atoms with Gasteiger partial charge in [-0.15, -0.1) is 11.8 Å². The molecule has 8 nitrogen and oxygen atoms in total. The summed E-state index contributed by atoms with van der Waals surface area (Å²) in [7, 11) is 0. The number of thioether (sulfide) groups is 1. The van der Waals surface area contributed by atoms with Crippen LogP contribution < -0.4 is 16.0 Å². The Morgan fingerprint density at radius 1 is 0.952 bits per heavy atom. The van der Waals surface area contributed by atoms with Gasteiger partial charge in [0, 0.05) is 22.3 Å². The van der Waals surface area contributed by atoms with Crippen molar-refractivity contribution in [2.24, 2.45) is 0 Å². The van der Waals surface area contributed by atoms with Crippen molar-refractivity contribution in [2.75, 3.05) is 5.88 Å². The lowest BCUT2D eigenvalue weighted by Gasteiger charge is -2.33. The number of carbonyl (C=O) groups is 3. The number of hydrogen-bond acceptors (Lipinski definition) is 5. The maximum Gasteiger partial charge on any atom is 0.315 e. The molecule has 0 bridgehead atoms. The van der Waals surface area contributed by atoms with Gasteiger partial charge in [-0.3, -0.25) is 9.59 Å². The van der Waals surface area contributed by atoms with Gasteiger partial charge in [0.1, 0.15) is 6.04 Å². The largest absolute Gasteiger partial charge is 0.381 e. The van der Waals surface area contributed by atoms with Crippen molar-refractivity contribution in [3.8, 4) is 0 Å². The summed E-state index contributed by atoms with van der Waals surface area (Å²) in [6.45, 7) is 6.44. The molecule has 1 fully saturated rings. The number of rotatable bonds is 10. The van der Waals surface area contributed by atoms with E-state index in [-0.39, 0.29) is 24.7 Å². The summed E-state index contributed by atoms with van der Waals surface area (Å²) in [6.07, 6.45) is -1.33. The summed E-state index contributed by atoms with van der Waals surface area (Å²) in [5, 5.41) is 20.0. The van der Waals surface area contributed by atoms with Gasteiger partial charge in [-0.25, -0.2) is 4.79 Å². The highest BCUT2D eigenvalue weighted by atomic mass is 79.9. The lowest BCUT2D eigenvalue weighted by Crippen LogP contribution is -2.59. The maximum absolute atomic E-state index is 13.8. The van der Waals surface area contributed by atoms with E-state index in [9.17, 15) is 19.5 Å². The molecule has 1 saturated heterocycles. The van der Waals surface area contributed by atoms with Crippen LogP contribution in [0, 0.1) is 6.92 Å². The Kier molecular flexibility index (Phi) is 10.7. The SMILES string of the molecule is Cc1ccccc1CNC(=O)C1N(C(=O)C(O)C(Cc2ccccc2)NC(=O)NCc2ccc(Br)cc2)CSC1(C)C. The van der Waals surface area contributed by atoms with Crippen LogP contribution in [0.3, 0.4) is 0 Å². The van der Waals surface area contributed by atoms with Crippen LogP contribution in [0.15, 0.2) is 83.3 Å². The molecular weight excluding hydrogens is 616 g/mol. The monoisotopic (exact) mass is 652 g/mol. The van der Waals surface area contributed by atoms with Crippen LogP contribution in [-0.2, 0) is 29.1 Å². The van der Waals surface area contributed by atoms with Crippen molar-refractivity contribution in [1.29, 1.82) is 0 Å². The van der Waals surface area contributed by atoms with Gasteiger partial charge in [0.2, 0.25) is 5.91 Å². The molecule has 0 spiro atoms. The maximum atomic E-state index is 13.8. The van der Waals surface area contributed by atoms with Crippen molar-refractivity contribution in [3.63, 3.8) is 0 Å². The molecule has 3 atom stereocenters. The van der Waals surface area contributed by atoms with Crippen molar-refractivity contribution < 1.29 is 19.5 Å². The van der Waals surface area contributed by atoms with Crippen LogP contribution in [0.4, 0.5) is 4.79 Å². The number of hydrogen-bond donors (Lipinski definition) is 4. The number of nitrogens with one attached hydrogen (secondary N) is 3. The number of amides is 4. The quantitative estimate of drug-likeness (QED) is 0.257. The number of aliphatic hydroxyl groups is 1. The molecule has 0 saturated carbocycles. The van der Waals surface area contributed by atoms with Crippen molar-refractivity contribution >= 4 is 45.5 Å². The number of urea groups is 1. The standard InChI is InChI=1S/C32H37BrN4O4S/c1-21-9-7-8-12-24(21)19-34-29(39)28-32(2,3)42-20-37(28)30(40)27(38)26(17-22-10-5-4-6-11-22)36-31(41)35-18-23-13-15-25(33)16-14-23/h4-16,26-28,38H,17-20H2,1-3H3,(H,34,39)(H2,35,36,41). The molecule has 1 heterocycles.